The summed E-state index contributed by atoms with van der Waals surface area (Å²) in [6.07, 6.45) is 0. The topological polar surface area (TPSA) is 0 Å². The molecule has 3 heteroatoms. The van der Waals surface area contributed by atoms with Crippen LogP contribution in [-0.4, -0.2) is 0 Å². The molecule has 0 aromatic heterocycles. The van der Waals surface area contributed by atoms with E-state index in [-0.39, 0.29) is 5.39 Å². The Morgan fingerprint density at radius 1 is 0.632 bits per heavy atom. The van der Waals surface area contributed by atoms with E-state index in [2.05, 4.69) is 0 Å². The van der Waals surface area contributed by atoms with Crippen molar-refractivity contribution in [2.45, 2.75) is 0 Å². The summed E-state index contributed by atoms with van der Waals surface area (Å²) in [6, 6.07) is 14.5. The third-order valence-corrected chi connectivity index (χ3v) is 3.07. The van der Waals surface area contributed by atoms with E-state index in [0.29, 0.717) is 10.9 Å². The molecule has 94 valence electrons. The van der Waals surface area contributed by atoms with Crippen LogP contribution in [0.4, 0.5) is 13.2 Å². The molecule has 0 atom stereocenters. The Balaban J connectivity index is 2.30. The number of hydrogen-bond donors (Lipinski definition) is 0. The average molecular weight is 258 g/mol. The van der Waals surface area contributed by atoms with Crippen molar-refractivity contribution in [3.05, 3.63) is 72.0 Å². The van der Waals surface area contributed by atoms with Gasteiger partial charge in [-0.3, -0.25) is 0 Å². The quantitative estimate of drug-likeness (QED) is 0.581. The number of fused-ring (bicyclic) bond motifs is 1. The lowest BCUT2D eigenvalue weighted by atomic mass is 10.0. The predicted octanol–water partition coefficient (Wildman–Crippen LogP) is 4.92. The average Bonchev–Trinajstić information content (AvgIpc) is 2.43. The van der Waals surface area contributed by atoms with E-state index in [1.54, 1.807) is 6.07 Å². The minimum absolute atomic E-state index is 0.306. The first-order valence-corrected chi connectivity index (χ1v) is 5.79. The summed E-state index contributed by atoms with van der Waals surface area (Å²) in [5, 5.41) is 0.0393. The van der Waals surface area contributed by atoms with E-state index < -0.39 is 17.5 Å². The summed E-state index contributed by atoms with van der Waals surface area (Å²) in [7, 11) is 0. The van der Waals surface area contributed by atoms with Gasteiger partial charge in [-0.2, -0.15) is 0 Å². The van der Waals surface area contributed by atoms with E-state index in [1.807, 2.05) is 30.3 Å². The third kappa shape index (κ3) is 1.97. The van der Waals surface area contributed by atoms with Crippen LogP contribution in [0.2, 0.25) is 0 Å². The minimum atomic E-state index is -1.14. The normalized spacial score (nSPS) is 10.9. The fourth-order valence-corrected chi connectivity index (χ4v) is 2.14. The van der Waals surface area contributed by atoms with E-state index in [1.165, 1.54) is 12.1 Å². The first-order valence-electron chi connectivity index (χ1n) is 5.79. The largest absolute Gasteiger partial charge is 0.206 e. The van der Waals surface area contributed by atoms with Crippen LogP contribution in [-0.2, 0) is 0 Å². The summed E-state index contributed by atoms with van der Waals surface area (Å²) in [6.45, 7) is 0. The zero-order chi connectivity index (χ0) is 13.4. The minimum Gasteiger partial charge on any atom is -0.206 e. The molecule has 0 amide bonds. The molecule has 0 saturated heterocycles. The second kappa shape index (κ2) is 4.43. The molecule has 19 heavy (non-hydrogen) atoms. The highest BCUT2D eigenvalue weighted by molar-refractivity contribution is 5.88. The van der Waals surface area contributed by atoms with Crippen molar-refractivity contribution in [1.29, 1.82) is 0 Å². The smallest absolute Gasteiger partial charge is 0.169 e. The molecule has 3 rings (SSSR count). The lowest BCUT2D eigenvalue weighted by molar-refractivity contribution is 0.512. The lowest BCUT2D eigenvalue weighted by Gasteiger charge is -2.07. The molecule has 3 aromatic carbocycles. The Morgan fingerprint density at radius 3 is 2.11 bits per heavy atom. The first kappa shape index (κ1) is 11.8. The number of rotatable bonds is 1. The molecule has 0 nitrogen and oxygen atoms in total. The zero-order valence-corrected chi connectivity index (χ0v) is 9.83. The van der Waals surface area contributed by atoms with E-state index in [9.17, 15) is 13.2 Å². The standard InChI is InChI=1S/C16H9F3/c17-13-7-6-11-8-12(10-4-2-1-3-5-10)9-14(18)15(11)16(13)19/h1-9H. The summed E-state index contributed by atoms with van der Waals surface area (Å²) in [5.74, 6) is -2.94. The number of benzene rings is 3. The zero-order valence-electron chi connectivity index (χ0n) is 9.83. The molecule has 0 aliphatic heterocycles. The monoisotopic (exact) mass is 258 g/mol. The lowest BCUT2D eigenvalue weighted by Crippen LogP contribution is -1.91. The van der Waals surface area contributed by atoms with E-state index in [0.717, 1.165) is 11.6 Å². The molecule has 0 saturated carbocycles. The van der Waals surface area contributed by atoms with Gasteiger partial charge in [0.05, 0.1) is 5.39 Å². The second-order valence-electron chi connectivity index (χ2n) is 4.28. The number of hydrogen-bond acceptors (Lipinski definition) is 0. The van der Waals surface area contributed by atoms with Gasteiger partial charge >= 0.3 is 0 Å². The van der Waals surface area contributed by atoms with Crippen molar-refractivity contribution in [2.75, 3.05) is 0 Å². The van der Waals surface area contributed by atoms with Gasteiger partial charge in [0.15, 0.2) is 11.6 Å². The summed E-state index contributed by atoms with van der Waals surface area (Å²) >= 11 is 0. The van der Waals surface area contributed by atoms with Crippen LogP contribution in [0.25, 0.3) is 21.9 Å². The molecule has 0 spiro atoms. The Bertz CT molecular complexity index is 749. The highest BCUT2D eigenvalue weighted by Crippen LogP contribution is 2.29. The second-order valence-corrected chi connectivity index (χ2v) is 4.28. The van der Waals surface area contributed by atoms with E-state index in [4.69, 9.17) is 0 Å². The summed E-state index contributed by atoms with van der Waals surface area (Å²) in [4.78, 5) is 0. The van der Waals surface area contributed by atoms with Gasteiger partial charge in [-0.05, 0) is 34.7 Å². The van der Waals surface area contributed by atoms with Gasteiger partial charge in [-0.15, -0.1) is 0 Å². The van der Waals surface area contributed by atoms with Gasteiger partial charge in [0.1, 0.15) is 5.82 Å². The van der Waals surface area contributed by atoms with Crippen LogP contribution < -0.4 is 0 Å². The maximum absolute atomic E-state index is 14.0. The van der Waals surface area contributed by atoms with Crippen LogP contribution in [0.1, 0.15) is 0 Å². The van der Waals surface area contributed by atoms with Crippen LogP contribution in [0.3, 0.4) is 0 Å². The molecule has 0 bridgehead atoms. The molecular formula is C16H9F3. The Labute approximate surface area is 108 Å². The van der Waals surface area contributed by atoms with Crippen molar-refractivity contribution in [1.82, 2.24) is 0 Å². The maximum Gasteiger partial charge on any atom is 0.169 e. The molecular weight excluding hydrogens is 249 g/mol. The third-order valence-electron chi connectivity index (χ3n) is 3.07. The molecule has 0 aliphatic carbocycles. The SMILES string of the molecule is Fc1ccc2cc(-c3ccccc3)cc(F)c2c1F. The van der Waals surface area contributed by atoms with Crippen LogP contribution in [0, 0.1) is 17.5 Å². The fraction of sp³-hybridized carbons (Fsp3) is 0. The summed E-state index contributed by atoms with van der Waals surface area (Å²) < 4.78 is 40.7. The van der Waals surface area contributed by atoms with Crippen molar-refractivity contribution < 1.29 is 13.2 Å². The molecule has 0 N–H and O–H groups in total. The molecule has 0 radical (unpaired) electrons. The van der Waals surface area contributed by atoms with Crippen molar-refractivity contribution in [2.24, 2.45) is 0 Å². The molecule has 0 aliphatic rings. The van der Waals surface area contributed by atoms with E-state index >= 15 is 0 Å². The van der Waals surface area contributed by atoms with Gasteiger partial charge in [-0.1, -0.05) is 36.4 Å². The van der Waals surface area contributed by atoms with Crippen LogP contribution in [0.15, 0.2) is 54.6 Å². The van der Waals surface area contributed by atoms with Crippen molar-refractivity contribution in [3.63, 3.8) is 0 Å². The van der Waals surface area contributed by atoms with Gasteiger partial charge in [-0.25, -0.2) is 13.2 Å². The Kier molecular flexibility index (Phi) is 2.75. The summed E-state index contributed by atoms with van der Waals surface area (Å²) in [5.41, 5.74) is 1.46. The molecule has 0 unspecified atom stereocenters. The predicted molar refractivity (Wildman–Crippen MR) is 69.3 cm³/mol. The highest BCUT2D eigenvalue weighted by Gasteiger charge is 2.13. The van der Waals surface area contributed by atoms with Crippen molar-refractivity contribution >= 4 is 10.8 Å². The van der Waals surface area contributed by atoms with Crippen molar-refractivity contribution in [3.8, 4) is 11.1 Å². The van der Waals surface area contributed by atoms with Gasteiger partial charge in [0, 0.05) is 0 Å². The fourth-order valence-electron chi connectivity index (χ4n) is 2.14. The Hall–Kier alpha value is -2.29. The van der Waals surface area contributed by atoms with Gasteiger partial charge in [0.2, 0.25) is 0 Å². The first-order chi connectivity index (χ1) is 9.16. The highest BCUT2D eigenvalue weighted by atomic mass is 19.2. The molecule has 3 aromatic rings. The van der Waals surface area contributed by atoms with Crippen LogP contribution >= 0.6 is 0 Å². The van der Waals surface area contributed by atoms with Gasteiger partial charge < -0.3 is 0 Å². The van der Waals surface area contributed by atoms with Crippen LogP contribution in [0.5, 0.6) is 0 Å². The molecule has 0 heterocycles. The molecule has 0 fully saturated rings. The number of halogens is 3. The maximum atomic E-state index is 14.0. The van der Waals surface area contributed by atoms with Gasteiger partial charge in [0.25, 0.3) is 0 Å². The Morgan fingerprint density at radius 2 is 1.37 bits per heavy atom.